The fraction of sp³-hybridized carbons (Fsp3) is 1.00. The van der Waals surface area contributed by atoms with Crippen LogP contribution >= 0.6 is 0 Å². The second-order valence-corrected chi connectivity index (χ2v) is 4.52. The largest absolute Gasteiger partial charge is 0.379 e. The van der Waals surface area contributed by atoms with Gasteiger partial charge >= 0.3 is 0 Å². The molecule has 2 heteroatoms. The molecule has 1 aliphatic carbocycles. The highest BCUT2D eigenvalue weighted by Gasteiger charge is 2.29. The van der Waals surface area contributed by atoms with E-state index in [1.807, 2.05) is 0 Å². The lowest BCUT2D eigenvalue weighted by molar-refractivity contribution is 0.171. The Morgan fingerprint density at radius 1 is 1.50 bits per heavy atom. The van der Waals surface area contributed by atoms with E-state index in [0.29, 0.717) is 0 Å². The van der Waals surface area contributed by atoms with E-state index >= 15 is 0 Å². The summed E-state index contributed by atoms with van der Waals surface area (Å²) in [5.74, 6) is 1.04. The summed E-state index contributed by atoms with van der Waals surface area (Å²) in [6.07, 6.45) is 5.48. The van der Waals surface area contributed by atoms with Crippen LogP contribution in [0, 0.1) is 5.92 Å². The Morgan fingerprint density at radius 3 is 2.92 bits per heavy atom. The molecule has 70 valence electrons. The van der Waals surface area contributed by atoms with Crippen molar-refractivity contribution >= 4 is 0 Å². The van der Waals surface area contributed by atoms with E-state index in [9.17, 15) is 0 Å². The first-order chi connectivity index (χ1) is 5.79. The van der Waals surface area contributed by atoms with Gasteiger partial charge in [0.15, 0.2) is 0 Å². The van der Waals surface area contributed by atoms with Crippen LogP contribution in [0.4, 0.5) is 0 Å². The van der Waals surface area contributed by atoms with Gasteiger partial charge in [-0.25, -0.2) is 0 Å². The Bertz CT molecular complexity index is 148. The fourth-order valence-corrected chi connectivity index (χ4v) is 1.79. The minimum atomic E-state index is 0.287. The first kappa shape index (κ1) is 8.52. The number of ether oxygens (including phenoxy) is 1. The van der Waals surface area contributed by atoms with Crippen molar-refractivity contribution in [3.63, 3.8) is 0 Å². The molecule has 2 nitrogen and oxygen atoms in total. The van der Waals surface area contributed by atoms with Gasteiger partial charge in [0.2, 0.25) is 0 Å². The minimum Gasteiger partial charge on any atom is -0.379 e. The zero-order valence-electron chi connectivity index (χ0n) is 7.94. The van der Waals surface area contributed by atoms with Crippen LogP contribution in [0.5, 0.6) is 0 Å². The molecule has 0 aromatic rings. The molecule has 12 heavy (non-hydrogen) atoms. The molecule has 0 bridgehead atoms. The number of hydrogen-bond acceptors (Lipinski definition) is 2. The van der Waals surface area contributed by atoms with E-state index in [1.165, 1.54) is 32.2 Å². The molecule has 0 radical (unpaired) electrons. The van der Waals surface area contributed by atoms with Crippen molar-refractivity contribution < 1.29 is 4.74 Å². The summed E-state index contributed by atoms with van der Waals surface area (Å²) in [4.78, 5) is 0. The van der Waals surface area contributed by atoms with Gasteiger partial charge in [-0.15, -0.1) is 0 Å². The molecular formula is C10H19NO. The van der Waals surface area contributed by atoms with Crippen LogP contribution in [-0.2, 0) is 4.74 Å². The molecule has 2 rings (SSSR count). The van der Waals surface area contributed by atoms with E-state index in [0.717, 1.165) is 19.1 Å². The molecule has 0 aromatic carbocycles. The van der Waals surface area contributed by atoms with Crippen molar-refractivity contribution in [3.8, 4) is 0 Å². The van der Waals surface area contributed by atoms with E-state index in [-0.39, 0.29) is 5.54 Å². The molecule has 1 atom stereocenters. The monoisotopic (exact) mass is 169 g/mol. The van der Waals surface area contributed by atoms with Crippen LogP contribution in [-0.4, -0.2) is 25.3 Å². The average molecular weight is 169 g/mol. The van der Waals surface area contributed by atoms with Crippen molar-refractivity contribution in [2.45, 2.75) is 38.1 Å². The molecule has 1 heterocycles. The molecule has 1 N–H and O–H groups in total. The first-order valence-corrected chi connectivity index (χ1v) is 5.11. The van der Waals surface area contributed by atoms with Crippen molar-refractivity contribution in [3.05, 3.63) is 0 Å². The summed E-state index contributed by atoms with van der Waals surface area (Å²) in [6, 6.07) is 0. The molecule has 0 spiro atoms. The Kier molecular flexibility index (Phi) is 2.37. The first-order valence-electron chi connectivity index (χ1n) is 5.11. The van der Waals surface area contributed by atoms with Crippen LogP contribution in [0.15, 0.2) is 0 Å². The second-order valence-electron chi connectivity index (χ2n) is 4.52. The number of hydrogen-bond donors (Lipinski definition) is 1. The lowest BCUT2D eigenvalue weighted by Gasteiger charge is -2.23. The molecule has 0 aromatic heterocycles. The Labute approximate surface area is 74.7 Å². The molecule has 2 fully saturated rings. The normalized spacial score (nSPS) is 35.8. The lowest BCUT2D eigenvalue weighted by atomic mass is 10.0. The third-order valence-corrected chi connectivity index (χ3v) is 3.02. The maximum absolute atomic E-state index is 5.37. The molecule has 0 amide bonds. The summed E-state index contributed by atoms with van der Waals surface area (Å²) in [7, 11) is 0. The van der Waals surface area contributed by atoms with Gasteiger partial charge in [-0.05, 0) is 32.2 Å². The predicted octanol–water partition coefficient (Wildman–Crippen LogP) is 1.56. The standard InChI is InChI=1S/C10H19NO/c1-10(5-7-12-8-10)11-6-4-9-2-3-9/h9,11H,2-8H2,1H3. The zero-order chi connectivity index (χ0) is 8.44. The number of nitrogens with one attached hydrogen (secondary N) is 1. The van der Waals surface area contributed by atoms with E-state index in [1.54, 1.807) is 0 Å². The Balaban J connectivity index is 1.63. The Hall–Kier alpha value is -0.0800. The van der Waals surface area contributed by atoms with Crippen LogP contribution in [0.1, 0.15) is 32.6 Å². The molecule has 1 saturated carbocycles. The molecule has 1 aliphatic heterocycles. The van der Waals surface area contributed by atoms with Gasteiger partial charge in [0.05, 0.1) is 6.61 Å². The fourth-order valence-electron chi connectivity index (χ4n) is 1.79. The van der Waals surface area contributed by atoms with Gasteiger partial charge < -0.3 is 10.1 Å². The number of rotatable bonds is 4. The van der Waals surface area contributed by atoms with Crippen molar-refractivity contribution in [2.24, 2.45) is 5.92 Å². The topological polar surface area (TPSA) is 21.3 Å². The van der Waals surface area contributed by atoms with Gasteiger partial charge in [0, 0.05) is 12.1 Å². The van der Waals surface area contributed by atoms with Crippen molar-refractivity contribution in [2.75, 3.05) is 19.8 Å². The van der Waals surface area contributed by atoms with Gasteiger partial charge in [0.1, 0.15) is 0 Å². The summed E-state index contributed by atoms with van der Waals surface area (Å²) in [6.45, 7) is 5.29. The summed E-state index contributed by atoms with van der Waals surface area (Å²) >= 11 is 0. The van der Waals surface area contributed by atoms with Crippen molar-refractivity contribution in [1.29, 1.82) is 0 Å². The lowest BCUT2D eigenvalue weighted by Crippen LogP contribution is -2.43. The van der Waals surface area contributed by atoms with Crippen LogP contribution < -0.4 is 5.32 Å². The van der Waals surface area contributed by atoms with E-state index in [4.69, 9.17) is 4.74 Å². The SMILES string of the molecule is CC1(NCCC2CC2)CCOC1. The molecule has 1 saturated heterocycles. The zero-order valence-corrected chi connectivity index (χ0v) is 7.94. The summed E-state index contributed by atoms with van der Waals surface area (Å²) < 4.78 is 5.37. The van der Waals surface area contributed by atoms with Gasteiger partial charge in [-0.2, -0.15) is 0 Å². The summed E-state index contributed by atoms with van der Waals surface area (Å²) in [5, 5.41) is 3.60. The maximum atomic E-state index is 5.37. The van der Waals surface area contributed by atoms with Crippen molar-refractivity contribution in [1.82, 2.24) is 5.32 Å². The highest BCUT2D eigenvalue weighted by Crippen LogP contribution is 2.32. The third kappa shape index (κ3) is 2.20. The molecule has 2 aliphatic rings. The maximum Gasteiger partial charge on any atom is 0.0646 e. The molecule has 1 unspecified atom stereocenters. The highest BCUT2D eigenvalue weighted by atomic mass is 16.5. The second kappa shape index (κ2) is 3.35. The minimum absolute atomic E-state index is 0.287. The highest BCUT2D eigenvalue weighted by molar-refractivity contribution is 4.87. The van der Waals surface area contributed by atoms with Crippen LogP contribution in [0.3, 0.4) is 0 Å². The van der Waals surface area contributed by atoms with Crippen LogP contribution in [0.2, 0.25) is 0 Å². The molecular weight excluding hydrogens is 150 g/mol. The van der Waals surface area contributed by atoms with Gasteiger partial charge in [-0.3, -0.25) is 0 Å². The third-order valence-electron chi connectivity index (χ3n) is 3.02. The van der Waals surface area contributed by atoms with E-state index < -0.39 is 0 Å². The smallest absolute Gasteiger partial charge is 0.0646 e. The Morgan fingerprint density at radius 2 is 2.33 bits per heavy atom. The van der Waals surface area contributed by atoms with Crippen LogP contribution in [0.25, 0.3) is 0 Å². The van der Waals surface area contributed by atoms with E-state index in [2.05, 4.69) is 12.2 Å². The average Bonchev–Trinajstić information content (AvgIpc) is 2.75. The van der Waals surface area contributed by atoms with Gasteiger partial charge in [0.25, 0.3) is 0 Å². The quantitative estimate of drug-likeness (QED) is 0.689. The van der Waals surface area contributed by atoms with Gasteiger partial charge in [-0.1, -0.05) is 12.8 Å². The summed E-state index contributed by atoms with van der Waals surface area (Å²) in [5.41, 5.74) is 0.287. The predicted molar refractivity (Wildman–Crippen MR) is 49.2 cm³/mol.